The van der Waals surface area contributed by atoms with Crippen molar-refractivity contribution in [3.63, 3.8) is 0 Å². The van der Waals surface area contributed by atoms with Crippen molar-refractivity contribution in [1.29, 1.82) is 0 Å². The third-order valence-electron chi connectivity index (χ3n) is 3.75. The van der Waals surface area contributed by atoms with Crippen LogP contribution in [0.15, 0.2) is 30.3 Å². The Morgan fingerprint density at radius 2 is 2.05 bits per heavy atom. The van der Waals surface area contributed by atoms with Gasteiger partial charge in [-0.2, -0.15) is 0 Å². The molecule has 1 aliphatic carbocycles. The molecule has 0 aliphatic heterocycles. The maximum atomic E-state index is 11.5. The van der Waals surface area contributed by atoms with Gasteiger partial charge >= 0.3 is 5.97 Å². The molecule has 0 amide bonds. The van der Waals surface area contributed by atoms with Crippen LogP contribution in [0.25, 0.3) is 6.08 Å². The second kappa shape index (κ2) is 9.29. The van der Waals surface area contributed by atoms with Gasteiger partial charge < -0.3 is 9.47 Å². The Hall–Kier alpha value is -1.77. The molecule has 0 bridgehead atoms. The fourth-order valence-electron chi connectivity index (χ4n) is 2.14. The minimum absolute atomic E-state index is 0.0868. The summed E-state index contributed by atoms with van der Waals surface area (Å²) >= 11 is 0. The highest BCUT2D eigenvalue weighted by atomic mass is 16.5. The van der Waals surface area contributed by atoms with Crippen LogP contribution in [-0.2, 0) is 9.53 Å². The second-order valence-electron chi connectivity index (χ2n) is 5.84. The number of unbranched alkanes of at least 4 members (excludes halogenated alkanes) is 1. The number of hydrogen-bond acceptors (Lipinski definition) is 3. The van der Waals surface area contributed by atoms with Crippen molar-refractivity contribution in [2.75, 3.05) is 13.2 Å². The number of rotatable bonds is 10. The van der Waals surface area contributed by atoms with Crippen LogP contribution in [-0.4, -0.2) is 19.2 Å². The molecule has 0 spiro atoms. The molecular formula is C19H26O3. The lowest BCUT2D eigenvalue weighted by Crippen LogP contribution is -2.04. The van der Waals surface area contributed by atoms with Crippen molar-refractivity contribution in [2.45, 2.75) is 45.4 Å². The fraction of sp³-hybridized carbons (Fsp3) is 0.526. The van der Waals surface area contributed by atoms with Crippen LogP contribution in [0.3, 0.4) is 0 Å². The highest BCUT2D eigenvalue weighted by Gasteiger charge is 2.21. The van der Waals surface area contributed by atoms with E-state index in [0.29, 0.717) is 13.0 Å². The van der Waals surface area contributed by atoms with Gasteiger partial charge in [-0.1, -0.05) is 44.4 Å². The number of carbonyl (C=O) groups excluding carboxylic acids is 1. The molecule has 1 fully saturated rings. The maximum absolute atomic E-state index is 11.5. The van der Waals surface area contributed by atoms with E-state index in [2.05, 4.69) is 6.92 Å². The summed E-state index contributed by atoms with van der Waals surface area (Å²) in [7, 11) is 0. The number of hydrogen-bond donors (Lipinski definition) is 0. The van der Waals surface area contributed by atoms with Crippen LogP contribution in [0.4, 0.5) is 0 Å². The lowest BCUT2D eigenvalue weighted by atomic mass is 10.2. The SMILES string of the molecule is CCCCOc1ccc(/C=C/COC(=O)CCC2CC2)cc1. The van der Waals surface area contributed by atoms with Gasteiger partial charge in [0, 0.05) is 6.42 Å². The Kier molecular flexibility index (Phi) is 7.01. The minimum atomic E-state index is -0.0868. The zero-order valence-electron chi connectivity index (χ0n) is 13.4. The minimum Gasteiger partial charge on any atom is -0.494 e. The topological polar surface area (TPSA) is 35.5 Å². The van der Waals surface area contributed by atoms with Crippen molar-refractivity contribution in [1.82, 2.24) is 0 Å². The zero-order chi connectivity index (χ0) is 15.6. The predicted octanol–water partition coefficient (Wildman–Crippen LogP) is 4.61. The fourth-order valence-corrected chi connectivity index (χ4v) is 2.14. The molecule has 2 rings (SSSR count). The van der Waals surface area contributed by atoms with Crippen molar-refractivity contribution in [3.05, 3.63) is 35.9 Å². The standard InChI is InChI=1S/C19H26O3/c1-2-3-14-21-18-11-8-16(9-12-18)5-4-15-22-19(20)13-10-17-6-7-17/h4-5,8-9,11-12,17H,2-3,6-7,10,13-15H2,1H3/b5-4+. The molecule has 0 saturated heterocycles. The number of esters is 1. The molecule has 0 unspecified atom stereocenters. The van der Waals surface area contributed by atoms with Crippen LogP contribution in [0, 0.1) is 5.92 Å². The van der Waals surface area contributed by atoms with Gasteiger partial charge in [0.15, 0.2) is 0 Å². The molecule has 1 aromatic carbocycles. The smallest absolute Gasteiger partial charge is 0.306 e. The maximum Gasteiger partial charge on any atom is 0.306 e. The molecule has 0 aromatic heterocycles. The average molecular weight is 302 g/mol. The van der Waals surface area contributed by atoms with E-state index in [1.807, 2.05) is 36.4 Å². The summed E-state index contributed by atoms with van der Waals surface area (Å²) in [5, 5.41) is 0. The molecule has 0 atom stereocenters. The molecule has 3 heteroatoms. The normalized spacial score (nSPS) is 14.2. The molecule has 0 heterocycles. The van der Waals surface area contributed by atoms with Gasteiger partial charge in [0.2, 0.25) is 0 Å². The Morgan fingerprint density at radius 3 is 2.73 bits per heavy atom. The summed E-state index contributed by atoms with van der Waals surface area (Å²) in [5.41, 5.74) is 1.08. The summed E-state index contributed by atoms with van der Waals surface area (Å²) in [4.78, 5) is 11.5. The molecule has 22 heavy (non-hydrogen) atoms. The summed E-state index contributed by atoms with van der Waals surface area (Å²) in [6.07, 6.45) is 10.2. The first kappa shape index (κ1) is 16.6. The molecule has 1 aromatic rings. The first-order chi connectivity index (χ1) is 10.8. The molecule has 0 N–H and O–H groups in total. The zero-order valence-corrected chi connectivity index (χ0v) is 13.4. The van der Waals surface area contributed by atoms with Gasteiger partial charge in [-0.25, -0.2) is 0 Å². The monoisotopic (exact) mass is 302 g/mol. The Morgan fingerprint density at radius 1 is 1.27 bits per heavy atom. The first-order valence-corrected chi connectivity index (χ1v) is 8.33. The van der Waals surface area contributed by atoms with E-state index in [9.17, 15) is 4.79 Å². The molecule has 0 radical (unpaired) electrons. The molecule has 1 saturated carbocycles. The van der Waals surface area contributed by atoms with Crippen molar-refractivity contribution in [3.8, 4) is 5.75 Å². The summed E-state index contributed by atoms with van der Waals surface area (Å²) in [6.45, 7) is 3.26. The van der Waals surface area contributed by atoms with E-state index in [4.69, 9.17) is 9.47 Å². The van der Waals surface area contributed by atoms with Crippen molar-refractivity contribution >= 4 is 12.0 Å². The van der Waals surface area contributed by atoms with Gasteiger partial charge in [0.1, 0.15) is 12.4 Å². The van der Waals surface area contributed by atoms with E-state index in [1.165, 1.54) is 12.8 Å². The van der Waals surface area contributed by atoms with E-state index in [1.54, 1.807) is 0 Å². The van der Waals surface area contributed by atoms with E-state index in [-0.39, 0.29) is 5.97 Å². The van der Waals surface area contributed by atoms with Crippen LogP contribution in [0.1, 0.15) is 51.0 Å². The van der Waals surface area contributed by atoms with Gasteiger partial charge in [-0.3, -0.25) is 4.79 Å². The highest BCUT2D eigenvalue weighted by Crippen LogP contribution is 2.33. The molecule has 120 valence electrons. The Bertz CT molecular complexity index is 472. The van der Waals surface area contributed by atoms with Gasteiger partial charge in [0.05, 0.1) is 6.61 Å². The third kappa shape index (κ3) is 6.79. The quantitative estimate of drug-likeness (QED) is 0.467. The number of benzene rings is 1. The largest absolute Gasteiger partial charge is 0.494 e. The van der Waals surface area contributed by atoms with E-state index >= 15 is 0 Å². The van der Waals surface area contributed by atoms with Gasteiger partial charge in [-0.05, 0) is 42.5 Å². The number of ether oxygens (including phenoxy) is 2. The molecular weight excluding hydrogens is 276 g/mol. The predicted molar refractivity (Wildman–Crippen MR) is 88.8 cm³/mol. The van der Waals surface area contributed by atoms with E-state index in [0.717, 1.165) is 43.1 Å². The lowest BCUT2D eigenvalue weighted by Gasteiger charge is -2.05. The first-order valence-electron chi connectivity index (χ1n) is 8.33. The van der Waals surface area contributed by atoms with Crippen molar-refractivity contribution < 1.29 is 14.3 Å². The summed E-state index contributed by atoms with van der Waals surface area (Å²) in [6, 6.07) is 7.95. The number of carbonyl (C=O) groups is 1. The lowest BCUT2D eigenvalue weighted by molar-refractivity contribution is -0.142. The van der Waals surface area contributed by atoms with Crippen LogP contribution >= 0.6 is 0 Å². The Labute approximate surface area is 133 Å². The van der Waals surface area contributed by atoms with E-state index < -0.39 is 0 Å². The molecule has 1 aliphatic rings. The second-order valence-corrected chi connectivity index (χ2v) is 5.84. The van der Waals surface area contributed by atoms with Crippen molar-refractivity contribution in [2.24, 2.45) is 5.92 Å². The van der Waals surface area contributed by atoms with Gasteiger partial charge in [0.25, 0.3) is 0 Å². The van der Waals surface area contributed by atoms with Gasteiger partial charge in [-0.15, -0.1) is 0 Å². The summed E-state index contributed by atoms with van der Waals surface area (Å²) in [5.74, 6) is 1.59. The Balaban J connectivity index is 1.63. The highest BCUT2D eigenvalue weighted by molar-refractivity contribution is 5.69. The van der Waals surface area contributed by atoms with Crippen LogP contribution < -0.4 is 4.74 Å². The van der Waals surface area contributed by atoms with Crippen LogP contribution in [0.2, 0.25) is 0 Å². The van der Waals surface area contributed by atoms with Crippen LogP contribution in [0.5, 0.6) is 5.75 Å². The average Bonchev–Trinajstić information content (AvgIpc) is 3.35. The third-order valence-corrected chi connectivity index (χ3v) is 3.75. The molecule has 3 nitrogen and oxygen atoms in total. The summed E-state index contributed by atoms with van der Waals surface area (Å²) < 4.78 is 10.8.